The smallest absolute Gasteiger partial charge is 0.411 e. The summed E-state index contributed by atoms with van der Waals surface area (Å²) in [5.74, 6) is -1.13. The van der Waals surface area contributed by atoms with Gasteiger partial charge in [0.15, 0.2) is 6.04 Å². The molecular formula is C17H24ClNO4. The molecule has 0 radical (unpaired) electrons. The molecule has 1 aromatic carbocycles. The van der Waals surface area contributed by atoms with Gasteiger partial charge in [0.05, 0.1) is 0 Å². The predicted molar refractivity (Wildman–Crippen MR) is 89.8 cm³/mol. The van der Waals surface area contributed by atoms with E-state index in [2.05, 4.69) is 0 Å². The van der Waals surface area contributed by atoms with Crippen molar-refractivity contribution in [3.05, 3.63) is 34.3 Å². The Morgan fingerprint density at radius 1 is 1.26 bits per heavy atom. The Labute approximate surface area is 142 Å². The number of carboxylic acid groups (broad SMARTS) is 1. The van der Waals surface area contributed by atoms with Gasteiger partial charge in [-0.25, -0.2) is 9.59 Å². The van der Waals surface area contributed by atoms with Crippen LogP contribution in [0.4, 0.5) is 4.79 Å². The Bertz CT molecular complexity index is 593. The van der Waals surface area contributed by atoms with E-state index >= 15 is 0 Å². The third-order valence-electron chi connectivity index (χ3n) is 3.18. The highest BCUT2D eigenvalue weighted by Gasteiger charge is 2.36. The molecule has 0 aliphatic heterocycles. The van der Waals surface area contributed by atoms with Gasteiger partial charge in [-0.15, -0.1) is 0 Å². The van der Waals surface area contributed by atoms with Gasteiger partial charge >= 0.3 is 12.1 Å². The van der Waals surface area contributed by atoms with Crippen molar-refractivity contribution >= 4 is 23.7 Å². The fourth-order valence-corrected chi connectivity index (χ4v) is 2.32. The van der Waals surface area contributed by atoms with Crippen molar-refractivity contribution in [3.8, 4) is 0 Å². The summed E-state index contributed by atoms with van der Waals surface area (Å²) in [6.07, 6.45) is -0.670. The number of carbonyl (C=O) groups excluding carboxylic acids is 1. The number of carbonyl (C=O) groups is 2. The minimum atomic E-state index is -1.16. The summed E-state index contributed by atoms with van der Waals surface area (Å²) in [5, 5.41) is 10.1. The van der Waals surface area contributed by atoms with Crippen LogP contribution in [0.3, 0.4) is 0 Å². The Kier molecular flexibility index (Phi) is 6.05. The number of amides is 1. The SMILES string of the molecule is Cc1ccc(C(C(=O)O)N(C(=O)OC(C)(C)C)C(C)C)cc1Cl. The first-order valence-electron chi connectivity index (χ1n) is 7.44. The number of halogens is 1. The molecular weight excluding hydrogens is 318 g/mol. The maximum atomic E-state index is 12.5. The molecule has 1 atom stereocenters. The molecule has 0 fully saturated rings. The molecule has 0 saturated heterocycles. The average Bonchev–Trinajstić information content (AvgIpc) is 2.36. The van der Waals surface area contributed by atoms with Crippen LogP contribution in [-0.4, -0.2) is 33.7 Å². The number of aliphatic carboxylic acids is 1. The van der Waals surface area contributed by atoms with Gasteiger partial charge in [-0.2, -0.15) is 0 Å². The summed E-state index contributed by atoms with van der Waals surface area (Å²) in [6.45, 7) is 10.5. The largest absolute Gasteiger partial charge is 0.479 e. The van der Waals surface area contributed by atoms with Crippen LogP contribution in [0.2, 0.25) is 5.02 Å². The van der Waals surface area contributed by atoms with Crippen LogP contribution in [0.25, 0.3) is 0 Å². The number of hydrogen-bond acceptors (Lipinski definition) is 3. The van der Waals surface area contributed by atoms with Crippen molar-refractivity contribution in [2.75, 3.05) is 0 Å². The summed E-state index contributed by atoms with van der Waals surface area (Å²) >= 11 is 6.11. The molecule has 1 unspecified atom stereocenters. The molecule has 128 valence electrons. The standard InChI is InChI=1S/C17H24ClNO4/c1-10(2)19(16(22)23-17(4,5)6)14(15(20)21)12-8-7-11(3)13(18)9-12/h7-10,14H,1-6H3,(H,20,21). The predicted octanol–water partition coefficient (Wildman–Crippen LogP) is 4.42. The van der Waals surface area contributed by atoms with E-state index < -0.39 is 23.7 Å². The summed E-state index contributed by atoms with van der Waals surface area (Å²) < 4.78 is 5.36. The molecule has 23 heavy (non-hydrogen) atoms. The number of benzene rings is 1. The second-order valence-corrected chi connectivity index (χ2v) is 7.14. The zero-order valence-electron chi connectivity index (χ0n) is 14.4. The highest BCUT2D eigenvalue weighted by atomic mass is 35.5. The minimum Gasteiger partial charge on any atom is -0.479 e. The van der Waals surface area contributed by atoms with Gasteiger partial charge in [0.2, 0.25) is 0 Å². The zero-order valence-corrected chi connectivity index (χ0v) is 15.1. The molecule has 0 spiro atoms. The molecule has 6 heteroatoms. The third kappa shape index (κ3) is 5.13. The van der Waals surface area contributed by atoms with Crippen molar-refractivity contribution in [1.29, 1.82) is 0 Å². The van der Waals surface area contributed by atoms with Crippen LogP contribution >= 0.6 is 11.6 Å². The highest BCUT2D eigenvalue weighted by Crippen LogP contribution is 2.29. The maximum Gasteiger partial charge on any atom is 0.411 e. The van der Waals surface area contributed by atoms with Crippen LogP contribution in [0.1, 0.15) is 51.8 Å². The van der Waals surface area contributed by atoms with Crippen LogP contribution < -0.4 is 0 Å². The Hall–Kier alpha value is -1.75. The Morgan fingerprint density at radius 3 is 2.22 bits per heavy atom. The number of hydrogen-bond donors (Lipinski definition) is 1. The zero-order chi connectivity index (χ0) is 17.9. The summed E-state index contributed by atoms with van der Waals surface area (Å²) in [6, 6.07) is 3.46. The van der Waals surface area contributed by atoms with E-state index in [1.807, 2.05) is 6.92 Å². The van der Waals surface area contributed by atoms with Crippen molar-refractivity contribution in [2.24, 2.45) is 0 Å². The molecule has 0 aliphatic carbocycles. The van der Waals surface area contributed by atoms with E-state index in [4.69, 9.17) is 16.3 Å². The minimum absolute atomic E-state index is 0.356. The average molecular weight is 342 g/mol. The topological polar surface area (TPSA) is 66.8 Å². The van der Waals surface area contributed by atoms with Crippen molar-refractivity contribution in [1.82, 2.24) is 4.90 Å². The first-order chi connectivity index (χ1) is 10.4. The van der Waals surface area contributed by atoms with Gasteiger partial charge < -0.3 is 9.84 Å². The van der Waals surface area contributed by atoms with E-state index in [1.54, 1.807) is 52.8 Å². The van der Waals surface area contributed by atoms with Crippen molar-refractivity contribution in [2.45, 2.75) is 59.2 Å². The first kappa shape index (κ1) is 19.3. The fraction of sp³-hybridized carbons (Fsp3) is 0.529. The van der Waals surface area contributed by atoms with Crippen molar-refractivity contribution < 1.29 is 19.4 Å². The maximum absolute atomic E-state index is 12.5. The van der Waals surface area contributed by atoms with E-state index in [1.165, 1.54) is 4.90 Å². The Morgan fingerprint density at radius 2 is 1.83 bits per heavy atom. The van der Waals surface area contributed by atoms with Crippen LogP contribution in [0, 0.1) is 6.92 Å². The normalized spacial score (nSPS) is 12.9. The quantitative estimate of drug-likeness (QED) is 0.880. The van der Waals surface area contributed by atoms with Gasteiger partial charge in [0.1, 0.15) is 5.60 Å². The molecule has 0 bridgehead atoms. The van der Waals surface area contributed by atoms with Crippen LogP contribution in [0.5, 0.6) is 0 Å². The van der Waals surface area contributed by atoms with Crippen LogP contribution in [-0.2, 0) is 9.53 Å². The van der Waals surface area contributed by atoms with E-state index in [0.717, 1.165) is 5.56 Å². The van der Waals surface area contributed by atoms with E-state index in [0.29, 0.717) is 10.6 Å². The van der Waals surface area contributed by atoms with Gasteiger partial charge in [0, 0.05) is 11.1 Å². The molecule has 5 nitrogen and oxygen atoms in total. The molecule has 0 aliphatic rings. The lowest BCUT2D eigenvalue weighted by Gasteiger charge is -2.34. The van der Waals surface area contributed by atoms with Gasteiger partial charge in [0.25, 0.3) is 0 Å². The number of ether oxygens (including phenoxy) is 1. The first-order valence-corrected chi connectivity index (χ1v) is 7.82. The molecule has 1 aromatic rings. The third-order valence-corrected chi connectivity index (χ3v) is 3.59. The lowest BCUT2D eigenvalue weighted by molar-refractivity contribution is -0.144. The number of nitrogens with zero attached hydrogens (tertiary/aromatic N) is 1. The second-order valence-electron chi connectivity index (χ2n) is 6.73. The molecule has 1 amide bonds. The summed E-state index contributed by atoms with van der Waals surface area (Å²) in [7, 11) is 0. The van der Waals surface area contributed by atoms with Gasteiger partial charge in [-0.05, 0) is 58.7 Å². The lowest BCUT2D eigenvalue weighted by atomic mass is 10.0. The highest BCUT2D eigenvalue weighted by molar-refractivity contribution is 6.31. The Balaban J connectivity index is 3.29. The molecule has 0 aromatic heterocycles. The lowest BCUT2D eigenvalue weighted by Crippen LogP contribution is -2.45. The second kappa shape index (κ2) is 7.21. The summed E-state index contributed by atoms with van der Waals surface area (Å²) in [5.41, 5.74) is 0.568. The fourth-order valence-electron chi connectivity index (χ4n) is 2.13. The molecule has 0 heterocycles. The monoisotopic (exact) mass is 341 g/mol. The summed E-state index contributed by atoms with van der Waals surface area (Å²) in [4.78, 5) is 25.5. The number of rotatable bonds is 4. The number of carboxylic acids is 1. The van der Waals surface area contributed by atoms with Gasteiger partial charge in [-0.3, -0.25) is 4.90 Å². The number of aryl methyl sites for hydroxylation is 1. The van der Waals surface area contributed by atoms with Crippen molar-refractivity contribution in [3.63, 3.8) is 0 Å². The van der Waals surface area contributed by atoms with E-state index in [9.17, 15) is 14.7 Å². The van der Waals surface area contributed by atoms with Crippen LogP contribution in [0.15, 0.2) is 18.2 Å². The van der Waals surface area contributed by atoms with E-state index in [-0.39, 0.29) is 6.04 Å². The molecule has 1 rings (SSSR count). The molecule has 1 N–H and O–H groups in total. The van der Waals surface area contributed by atoms with Gasteiger partial charge in [-0.1, -0.05) is 23.7 Å². The molecule has 0 saturated carbocycles.